The highest BCUT2D eigenvalue weighted by Gasteiger charge is 2.15. The fourth-order valence-corrected chi connectivity index (χ4v) is 2.95. The molecule has 0 aliphatic carbocycles. The number of benzene rings is 1. The molecule has 152 valence electrons. The highest BCUT2D eigenvalue weighted by Crippen LogP contribution is 2.25. The van der Waals surface area contributed by atoms with Crippen molar-refractivity contribution < 1.29 is 14.3 Å². The van der Waals surface area contributed by atoms with E-state index in [0.29, 0.717) is 5.69 Å². The molecule has 0 bridgehead atoms. The largest absolute Gasteiger partial charge is 0.465 e. The van der Waals surface area contributed by atoms with Crippen LogP contribution in [0.1, 0.15) is 20.8 Å². The maximum Gasteiger partial charge on any atom is 0.338 e. The van der Waals surface area contributed by atoms with Crippen molar-refractivity contribution in [2.24, 2.45) is 0 Å². The van der Waals surface area contributed by atoms with E-state index in [2.05, 4.69) is 25.5 Å². The van der Waals surface area contributed by atoms with Gasteiger partial charge in [-0.05, 0) is 41.5 Å². The molecular formula is C23H17N5O3. The van der Waals surface area contributed by atoms with Crippen molar-refractivity contribution in [2.45, 2.75) is 0 Å². The Kier molecular flexibility index (Phi) is 5.70. The number of rotatable bonds is 5. The van der Waals surface area contributed by atoms with Crippen LogP contribution in [0.5, 0.6) is 0 Å². The molecule has 4 rings (SSSR count). The quantitative estimate of drug-likeness (QED) is 0.500. The summed E-state index contributed by atoms with van der Waals surface area (Å²) in [5.41, 5.74) is 3.66. The van der Waals surface area contributed by atoms with Crippen molar-refractivity contribution in [3.63, 3.8) is 0 Å². The molecule has 8 heteroatoms. The van der Waals surface area contributed by atoms with Crippen molar-refractivity contribution in [2.75, 3.05) is 12.4 Å². The molecule has 0 aliphatic heterocycles. The minimum absolute atomic E-state index is 0.134. The minimum atomic E-state index is -0.536. The average molecular weight is 411 g/mol. The summed E-state index contributed by atoms with van der Waals surface area (Å²) >= 11 is 0. The zero-order chi connectivity index (χ0) is 21.6. The number of nitrogens with one attached hydrogen (secondary N) is 1. The van der Waals surface area contributed by atoms with Crippen molar-refractivity contribution in [1.29, 1.82) is 0 Å². The van der Waals surface area contributed by atoms with Crippen LogP contribution < -0.4 is 5.32 Å². The molecule has 0 spiro atoms. The van der Waals surface area contributed by atoms with E-state index in [1.807, 2.05) is 36.4 Å². The lowest BCUT2D eigenvalue weighted by molar-refractivity contribution is 0.0600. The monoisotopic (exact) mass is 411 g/mol. The van der Waals surface area contributed by atoms with Gasteiger partial charge in [0.15, 0.2) is 5.69 Å². The molecule has 31 heavy (non-hydrogen) atoms. The van der Waals surface area contributed by atoms with Crippen LogP contribution in [-0.4, -0.2) is 39.2 Å². The van der Waals surface area contributed by atoms with E-state index in [4.69, 9.17) is 4.74 Å². The standard InChI is InChI=1S/C23H17N5O3/c1-31-23(30)18-12-20(16-8-6-15(7-9-16)17-4-2-10-24-14-17)26-21(13-18)27-22(29)19-5-3-11-25-28-19/h2-14H,1H3,(H,26,27,29). The van der Waals surface area contributed by atoms with Crippen LogP contribution in [0.3, 0.4) is 0 Å². The molecule has 4 aromatic rings. The molecule has 0 atom stereocenters. The number of amides is 1. The fourth-order valence-electron chi connectivity index (χ4n) is 2.95. The molecule has 0 unspecified atom stereocenters. The highest BCUT2D eigenvalue weighted by molar-refractivity contribution is 6.03. The molecule has 0 aliphatic rings. The first kappa shape index (κ1) is 19.8. The van der Waals surface area contributed by atoms with Crippen molar-refractivity contribution in [1.82, 2.24) is 20.2 Å². The van der Waals surface area contributed by atoms with Gasteiger partial charge in [0.2, 0.25) is 0 Å². The molecule has 3 aromatic heterocycles. The number of carbonyl (C=O) groups excluding carboxylic acids is 2. The summed E-state index contributed by atoms with van der Waals surface area (Å²) in [7, 11) is 1.29. The maximum absolute atomic E-state index is 12.4. The van der Waals surface area contributed by atoms with Gasteiger partial charge in [-0.2, -0.15) is 5.10 Å². The van der Waals surface area contributed by atoms with E-state index >= 15 is 0 Å². The molecule has 1 amide bonds. The Bertz CT molecular complexity index is 1210. The molecule has 0 saturated heterocycles. The van der Waals surface area contributed by atoms with Gasteiger partial charge in [-0.15, -0.1) is 5.10 Å². The average Bonchev–Trinajstić information content (AvgIpc) is 2.84. The summed E-state index contributed by atoms with van der Waals surface area (Å²) in [6.45, 7) is 0. The topological polar surface area (TPSA) is 107 Å². The summed E-state index contributed by atoms with van der Waals surface area (Å²) in [5, 5.41) is 10.1. The van der Waals surface area contributed by atoms with E-state index in [1.54, 1.807) is 24.5 Å². The first-order valence-corrected chi connectivity index (χ1v) is 9.34. The number of hydrogen-bond donors (Lipinski definition) is 1. The molecule has 1 N–H and O–H groups in total. The van der Waals surface area contributed by atoms with Gasteiger partial charge >= 0.3 is 5.97 Å². The number of ether oxygens (including phenoxy) is 1. The number of pyridine rings is 2. The van der Waals surface area contributed by atoms with Gasteiger partial charge in [0.1, 0.15) is 5.82 Å². The number of methoxy groups -OCH3 is 1. The Balaban J connectivity index is 1.67. The molecule has 8 nitrogen and oxygen atoms in total. The van der Waals surface area contributed by atoms with E-state index in [1.165, 1.54) is 25.4 Å². The number of carbonyl (C=O) groups is 2. The Morgan fingerprint density at radius 1 is 0.903 bits per heavy atom. The fraction of sp³-hybridized carbons (Fsp3) is 0.0435. The SMILES string of the molecule is COC(=O)c1cc(NC(=O)c2cccnn2)nc(-c2ccc(-c3cccnc3)cc2)c1. The third-order valence-electron chi connectivity index (χ3n) is 4.47. The van der Waals surface area contributed by atoms with E-state index in [0.717, 1.165) is 16.7 Å². The van der Waals surface area contributed by atoms with Gasteiger partial charge in [0, 0.05) is 24.2 Å². The second-order valence-corrected chi connectivity index (χ2v) is 6.50. The smallest absolute Gasteiger partial charge is 0.338 e. The molecule has 0 fully saturated rings. The first-order valence-electron chi connectivity index (χ1n) is 9.34. The first-order chi connectivity index (χ1) is 15.1. The van der Waals surface area contributed by atoms with Gasteiger partial charge < -0.3 is 10.1 Å². The minimum Gasteiger partial charge on any atom is -0.465 e. The van der Waals surface area contributed by atoms with Crippen molar-refractivity contribution >= 4 is 17.7 Å². The lowest BCUT2D eigenvalue weighted by Crippen LogP contribution is -2.16. The Morgan fingerprint density at radius 2 is 1.68 bits per heavy atom. The summed E-state index contributed by atoms with van der Waals surface area (Å²) in [6.07, 6.45) is 4.97. The predicted molar refractivity (Wildman–Crippen MR) is 114 cm³/mol. The van der Waals surface area contributed by atoms with Crippen LogP contribution in [0.2, 0.25) is 0 Å². The number of aromatic nitrogens is 4. The normalized spacial score (nSPS) is 10.4. The van der Waals surface area contributed by atoms with Crippen LogP contribution in [0, 0.1) is 0 Å². The second kappa shape index (κ2) is 8.91. The van der Waals surface area contributed by atoms with Crippen LogP contribution in [0.15, 0.2) is 79.3 Å². The third-order valence-corrected chi connectivity index (χ3v) is 4.47. The van der Waals surface area contributed by atoms with Crippen LogP contribution in [-0.2, 0) is 4.74 Å². The van der Waals surface area contributed by atoms with E-state index < -0.39 is 11.9 Å². The number of hydrogen-bond acceptors (Lipinski definition) is 7. The van der Waals surface area contributed by atoms with Crippen molar-refractivity contribution in [3.8, 4) is 22.4 Å². The lowest BCUT2D eigenvalue weighted by Gasteiger charge is -2.10. The summed E-state index contributed by atoms with van der Waals surface area (Å²) in [5.74, 6) is -0.823. The van der Waals surface area contributed by atoms with Gasteiger partial charge in [-0.25, -0.2) is 9.78 Å². The Labute approximate surface area is 178 Å². The molecule has 1 aromatic carbocycles. The molecular weight excluding hydrogens is 394 g/mol. The van der Waals surface area contributed by atoms with Gasteiger partial charge in [-0.1, -0.05) is 30.3 Å². The molecule has 3 heterocycles. The number of esters is 1. The lowest BCUT2D eigenvalue weighted by atomic mass is 10.0. The summed E-state index contributed by atoms with van der Waals surface area (Å²) < 4.78 is 4.84. The Hall–Kier alpha value is -4.46. The zero-order valence-corrected chi connectivity index (χ0v) is 16.5. The van der Waals surface area contributed by atoms with Gasteiger partial charge in [0.05, 0.1) is 18.4 Å². The van der Waals surface area contributed by atoms with Crippen LogP contribution >= 0.6 is 0 Å². The second-order valence-electron chi connectivity index (χ2n) is 6.50. The summed E-state index contributed by atoms with van der Waals surface area (Å²) in [4.78, 5) is 33.2. The summed E-state index contributed by atoms with van der Waals surface area (Å²) in [6, 6.07) is 17.7. The molecule has 0 radical (unpaired) electrons. The number of nitrogens with zero attached hydrogens (tertiary/aromatic N) is 4. The third kappa shape index (κ3) is 4.59. The predicted octanol–water partition coefficient (Wildman–Crippen LogP) is 3.64. The highest BCUT2D eigenvalue weighted by atomic mass is 16.5. The number of anilines is 1. The van der Waals surface area contributed by atoms with Crippen molar-refractivity contribution in [3.05, 3.63) is 90.5 Å². The zero-order valence-electron chi connectivity index (χ0n) is 16.5. The van der Waals surface area contributed by atoms with E-state index in [-0.39, 0.29) is 17.1 Å². The molecule has 0 saturated carbocycles. The van der Waals surface area contributed by atoms with E-state index in [9.17, 15) is 9.59 Å². The maximum atomic E-state index is 12.4. The van der Waals surface area contributed by atoms with Crippen LogP contribution in [0.4, 0.5) is 5.82 Å². The van der Waals surface area contributed by atoms with Gasteiger partial charge in [0.25, 0.3) is 5.91 Å². The Morgan fingerprint density at radius 3 is 2.35 bits per heavy atom. The van der Waals surface area contributed by atoms with Gasteiger partial charge in [-0.3, -0.25) is 9.78 Å². The van der Waals surface area contributed by atoms with Crippen LogP contribution in [0.25, 0.3) is 22.4 Å².